The Morgan fingerprint density at radius 3 is 2.63 bits per heavy atom. The van der Waals surface area contributed by atoms with Gasteiger partial charge in [0.15, 0.2) is 0 Å². The Balaban J connectivity index is 1.63. The minimum Gasteiger partial charge on any atom is -0.385 e. The SMILES string of the molecule is O[C@@H]1[C@@H](N2CCNC(C3CCC3)C2)CCCC1(F)F. The van der Waals surface area contributed by atoms with Crippen LogP contribution in [-0.2, 0) is 0 Å². The van der Waals surface area contributed by atoms with Gasteiger partial charge in [0.05, 0.1) is 0 Å². The Labute approximate surface area is 113 Å². The van der Waals surface area contributed by atoms with Crippen molar-refractivity contribution in [3.63, 3.8) is 0 Å². The Bertz CT molecular complexity index is 323. The maximum Gasteiger partial charge on any atom is 0.275 e. The number of nitrogens with zero attached hydrogens (tertiary/aromatic N) is 1. The highest BCUT2D eigenvalue weighted by Crippen LogP contribution is 2.37. The van der Waals surface area contributed by atoms with Gasteiger partial charge < -0.3 is 10.4 Å². The third-order valence-corrected chi connectivity index (χ3v) is 5.23. The molecule has 0 radical (unpaired) electrons. The van der Waals surface area contributed by atoms with Gasteiger partial charge in [-0.05, 0) is 31.6 Å². The molecule has 0 bridgehead atoms. The van der Waals surface area contributed by atoms with Crippen molar-refractivity contribution < 1.29 is 13.9 Å². The average Bonchev–Trinajstić information content (AvgIpc) is 2.31. The summed E-state index contributed by atoms with van der Waals surface area (Å²) in [5.74, 6) is -2.19. The van der Waals surface area contributed by atoms with Crippen LogP contribution in [0.1, 0.15) is 38.5 Å². The molecule has 3 fully saturated rings. The third-order valence-electron chi connectivity index (χ3n) is 5.23. The van der Waals surface area contributed by atoms with Crippen molar-refractivity contribution in [3.8, 4) is 0 Å². The second-order valence-electron chi connectivity index (χ2n) is 6.41. The van der Waals surface area contributed by atoms with Crippen molar-refractivity contribution in [1.29, 1.82) is 0 Å². The number of hydrogen-bond donors (Lipinski definition) is 2. The van der Waals surface area contributed by atoms with E-state index in [0.717, 1.165) is 19.6 Å². The van der Waals surface area contributed by atoms with E-state index in [4.69, 9.17) is 0 Å². The maximum absolute atomic E-state index is 13.6. The summed E-state index contributed by atoms with van der Waals surface area (Å²) < 4.78 is 27.3. The quantitative estimate of drug-likeness (QED) is 0.803. The predicted octanol–water partition coefficient (Wildman–Crippen LogP) is 1.61. The number of alkyl halides is 2. The molecule has 1 aliphatic heterocycles. The summed E-state index contributed by atoms with van der Waals surface area (Å²) in [5.41, 5.74) is 0. The Hall–Kier alpha value is -0.260. The molecule has 110 valence electrons. The van der Waals surface area contributed by atoms with Crippen LogP contribution in [0.15, 0.2) is 0 Å². The van der Waals surface area contributed by atoms with Gasteiger partial charge in [-0.1, -0.05) is 6.42 Å². The number of halogens is 2. The zero-order valence-electron chi connectivity index (χ0n) is 11.3. The van der Waals surface area contributed by atoms with Gasteiger partial charge in [-0.2, -0.15) is 0 Å². The van der Waals surface area contributed by atoms with Crippen LogP contribution in [0.25, 0.3) is 0 Å². The molecule has 19 heavy (non-hydrogen) atoms. The Morgan fingerprint density at radius 2 is 1.95 bits per heavy atom. The maximum atomic E-state index is 13.6. The predicted molar refractivity (Wildman–Crippen MR) is 69.3 cm³/mol. The van der Waals surface area contributed by atoms with Gasteiger partial charge >= 0.3 is 0 Å². The van der Waals surface area contributed by atoms with Gasteiger partial charge in [-0.15, -0.1) is 0 Å². The summed E-state index contributed by atoms with van der Waals surface area (Å²) >= 11 is 0. The normalized spacial score (nSPS) is 40.9. The Morgan fingerprint density at radius 1 is 1.16 bits per heavy atom. The van der Waals surface area contributed by atoms with Gasteiger partial charge in [-0.25, -0.2) is 8.78 Å². The number of piperazine rings is 1. The zero-order chi connectivity index (χ0) is 13.5. The molecule has 0 aromatic heterocycles. The fourth-order valence-electron chi connectivity index (χ4n) is 3.78. The highest BCUT2D eigenvalue weighted by molar-refractivity contribution is 4.97. The van der Waals surface area contributed by atoms with E-state index < -0.39 is 12.0 Å². The molecule has 3 nitrogen and oxygen atoms in total. The lowest BCUT2D eigenvalue weighted by Gasteiger charge is -2.47. The highest BCUT2D eigenvalue weighted by Gasteiger charge is 2.48. The minimum absolute atomic E-state index is 0.164. The molecular formula is C14H24F2N2O. The van der Waals surface area contributed by atoms with Crippen LogP contribution < -0.4 is 5.32 Å². The van der Waals surface area contributed by atoms with Gasteiger partial charge in [-0.3, -0.25) is 4.90 Å². The third kappa shape index (κ3) is 2.65. The lowest BCUT2D eigenvalue weighted by molar-refractivity contribution is -0.164. The molecule has 2 aliphatic carbocycles. The topological polar surface area (TPSA) is 35.5 Å². The molecule has 0 amide bonds. The lowest BCUT2D eigenvalue weighted by atomic mass is 9.78. The van der Waals surface area contributed by atoms with E-state index in [9.17, 15) is 13.9 Å². The van der Waals surface area contributed by atoms with Crippen molar-refractivity contribution in [1.82, 2.24) is 10.2 Å². The van der Waals surface area contributed by atoms with Crippen LogP contribution in [0.2, 0.25) is 0 Å². The fourth-order valence-corrected chi connectivity index (χ4v) is 3.78. The molecule has 2 N–H and O–H groups in total. The number of rotatable bonds is 2. The summed E-state index contributed by atoms with van der Waals surface area (Å²) in [7, 11) is 0. The van der Waals surface area contributed by atoms with Crippen LogP contribution >= 0.6 is 0 Å². The van der Waals surface area contributed by atoms with Crippen LogP contribution in [0.4, 0.5) is 8.78 Å². The molecule has 1 heterocycles. The molecule has 2 saturated carbocycles. The molecule has 0 spiro atoms. The summed E-state index contributed by atoms with van der Waals surface area (Å²) in [4.78, 5) is 2.11. The average molecular weight is 274 g/mol. The van der Waals surface area contributed by atoms with Gasteiger partial charge in [0.1, 0.15) is 6.10 Å². The van der Waals surface area contributed by atoms with Gasteiger partial charge in [0, 0.05) is 38.1 Å². The smallest absolute Gasteiger partial charge is 0.275 e. The first-order valence-electron chi connectivity index (χ1n) is 7.61. The van der Waals surface area contributed by atoms with Crippen molar-refractivity contribution in [2.45, 2.75) is 62.6 Å². The first kappa shape index (κ1) is 13.7. The molecular weight excluding hydrogens is 250 g/mol. The molecule has 0 aromatic carbocycles. The fraction of sp³-hybridized carbons (Fsp3) is 1.00. The first-order chi connectivity index (χ1) is 9.08. The number of aliphatic hydroxyl groups is 1. The first-order valence-corrected chi connectivity index (χ1v) is 7.61. The molecule has 3 atom stereocenters. The molecule has 1 saturated heterocycles. The van der Waals surface area contributed by atoms with Crippen molar-refractivity contribution in [2.24, 2.45) is 5.92 Å². The van der Waals surface area contributed by atoms with Gasteiger partial charge in [0.2, 0.25) is 0 Å². The van der Waals surface area contributed by atoms with E-state index >= 15 is 0 Å². The van der Waals surface area contributed by atoms with Crippen LogP contribution in [0, 0.1) is 5.92 Å². The number of nitrogens with one attached hydrogen (secondary N) is 1. The van der Waals surface area contributed by atoms with Crippen LogP contribution in [-0.4, -0.2) is 53.8 Å². The molecule has 3 aliphatic rings. The largest absolute Gasteiger partial charge is 0.385 e. The summed E-state index contributed by atoms with van der Waals surface area (Å²) in [5, 5.41) is 13.4. The van der Waals surface area contributed by atoms with E-state index in [1.54, 1.807) is 0 Å². The monoisotopic (exact) mass is 274 g/mol. The van der Waals surface area contributed by atoms with E-state index in [2.05, 4.69) is 10.2 Å². The van der Waals surface area contributed by atoms with Gasteiger partial charge in [0.25, 0.3) is 5.92 Å². The molecule has 0 aromatic rings. The summed E-state index contributed by atoms with van der Waals surface area (Å²) in [6.45, 7) is 2.46. The molecule has 5 heteroatoms. The second-order valence-corrected chi connectivity index (χ2v) is 6.41. The van der Waals surface area contributed by atoms with E-state index in [1.807, 2.05) is 0 Å². The standard InChI is InChI=1S/C14H24F2N2O/c15-14(16)6-2-5-12(13(14)19)18-8-7-17-11(9-18)10-3-1-4-10/h10-13,17,19H,1-9H2/t11?,12-,13+/m0/s1. The van der Waals surface area contributed by atoms with E-state index in [0.29, 0.717) is 24.8 Å². The van der Waals surface area contributed by atoms with Crippen molar-refractivity contribution in [2.75, 3.05) is 19.6 Å². The Kier molecular flexibility index (Phi) is 3.80. The number of aliphatic hydroxyl groups excluding tert-OH is 1. The lowest BCUT2D eigenvalue weighted by Crippen LogP contribution is -2.62. The van der Waals surface area contributed by atoms with Crippen molar-refractivity contribution >= 4 is 0 Å². The minimum atomic E-state index is -2.90. The van der Waals surface area contributed by atoms with Crippen LogP contribution in [0.3, 0.4) is 0 Å². The zero-order valence-corrected chi connectivity index (χ0v) is 11.3. The van der Waals surface area contributed by atoms with E-state index in [1.165, 1.54) is 19.3 Å². The number of hydrogen-bond acceptors (Lipinski definition) is 3. The summed E-state index contributed by atoms with van der Waals surface area (Å²) in [6.07, 6.45) is 3.39. The summed E-state index contributed by atoms with van der Waals surface area (Å²) in [6, 6.07) is 0.0821. The van der Waals surface area contributed by atoms with Crippen LogP contribution in [0.5, 0.6) is 0 Å². The molecule has 1 unspecified atom stereocenters. The van der Waals surface area contributed by atoms with Crippen molar-refractivity contribution in [3.05, 3.63) is 0 Å². The highest BCUT2D eigenvalue weighted by atomic mass is 19.3. The van der Waals surface area contributed by atoms with E-state index in [-0.39, 0.29) is 12.5 Å². The molecule has 3 rings (SSSR count). The second kappa shape index (κ2) is 5.26.